The highest BCUT2D eigenvalue weighted by molar-refractivity contribution is 8.01. The maximum Gasteiger partial charge on any atom is 0.266 e. The number of hydrogen-bond donors (Lipinski definition) is 4. The summed E-state index contributed by atoms with van der Waals surface area (Å²) in [4.78, 5) is 40.6. The van der Waals surface area contributed by atoms with Crippen molar-refractivity contribution in [3.05, 3.63) is 125 Å². The van der Waals surface area contributed by atoms with Gasteiger partial charge in [-0.15, -0.1) is 11.8 Å². The van der Waals surface area contributed by atoms with Crippen LogP contribution in [0.5, 0.6) is 11.5 Å². The van der Waals surface area contributed by atoms with E-state index < -0.39 is 22.4 Å². The lowest BCUT2D eigenvalue weighted by atomic mass is 10.1. The molecule has 4 aromatic rings. The molecule has 0 radical (unpaired) electrons. The normalized spacial score (nSPS) is 15.7. The van der Waals surface area contributed by atoms with Gasteiger partial charge >= 0.3 is 0 Å². The van der Waals surface area contributed by atoms with E-state index >= 15 is 0 Å². The van der Waals surface area contributed by atoms with Crippen molar-refractivity contribution in [3.63, 3.8) is 0 Å². The van der Waals surface area contributed by atoms with Crippen molar-refractivity contribution in [3.8, 4) is 23.3 Å². The van der Waals surface area contributed by atoms with Crippen molar-refractivity contribution in [2.45, 2.75) is 36.3 Å². The van der Waals surface area contributed by atoms with E-state index in [-0.39, 0.29) is 29.5 Å². The number of ether oxygens (including phenoxy) is 2. The van der Waals surface area contributed by atoms with Crippen LogP contribution in [-0.2, 0) is 16.0 Å². The van der Waals surface area contributed by atoms with Crippen LogP contribution in [0.4, 0.5) is 5.69 Å². The van der Waals surface area contributed by atoms with Crippen molar-refractivity contribution >= 4 is 43.0 Å². The van der Waals surface area contributed by atoms with E-state index in [2.05, 4.69) is 17.2 Å². The summed E-state index contributed by atoms with van der Waals surface area (Å²) in [5, 5.41) is 21.0. The Morgan fingerprint density at radius 2 is 1.67 bits per heavy atom. The summed E-state index contributed by atoms with van der Waals surface area (Å²) < 4.78 is 10.7. The molecule has 4 aromatic carbocycles. The highest BCUT2D eigenvalue weighted by Crippen LogP contribution is 2.46. The number of hydrogen-bond acceptors (Lipinski definition) is 8. The first kappa shape index (κ1) is 35.1. The molecule has 1 aliphatic rings. The lowest BCUT2D eigenvalue weighted by molar-refractivity contribution is -0.224. The Labute approximate surface area is 290 Å². The number of nitrogens with zero attached hydrogens (tertiary/aromatic N) is 1. The van der Waals surface area contributed by atoms with E-state index in [1.54, 1.807) is 54.3 Å². The number of primary amides is 1. The van der Waals surface area contributed by atoms with Gasteiger partial charge in [-0.05, 0) is 79.1 Å². The molecule has 1 aliphatic heterocycles. The summed E-state index contributed by atoms with van der Waals surface area (Å²) in [5.41, 5.74) is 9.72. The highest BCUT2D eigenvalue weighted by Gasteiger charge is 2.43. The van der Waals surface area contributed by atoms with Crippen molar-refractivity contribution in [1.82, 2.24) is 5.32 Å². The molecule has 5 rings (SSSR count). The van der Waals surface area contributed by atoms with Crippen LogP contribution in [0.3, 0.4) is 0 Å². The molecule has 10 nitrogen and oxygen atoms in total. The first-order chi connectivity index (χ1) is 23.5. The molecule has 12 heteroatoms. The molecule has 1 fully saturated rings. The number of anilines is 1. The number of aliphatic hydroxyl groups is 2. The Bertz CT molecular complexity index is 1870. The smallest absolute Gasteiger partial charge is 0.266 e. The third-order valence-corrected chi connectivity index (χ3v) is 8.93. The zero-order valence-corrected chi connectivity index (χ0v) is 27.9. The van der Waals surface area contributed by atoms with Crippen LogP contribution >= 0.6 is 11.8 Å². The molecular formula is C37H36BN3O7S. The van der Waals surface area contributed by atoms with Gasteiger partial charge in [-0.3, -0.25) is 19.3 Å². The molecule has 3 amide bonds. The quantitative estimate of drug-likeness (QED) is 0.102. The minimum Gasteiger partial charge on any atom is -0.490 e. The second-order valence-electron chi connectivity index (χ2n) is 11.4. The van der Waals surface area contributed by atoms with Crippen LogP contribution in [0.15, 0.2) is 97.1 Å². The Hall–Kier alpha value is -5.22. The minimum atomic E-state index is -2.36. The van der Waals surface area contributed by atoms with Crippen molar-refractivity contribution in [2.24, 2.45) is 5.73 Å². The van der Waals surface area contributed by atoms with Gasteiger partial charge in [0.05, 0.1) is 11.9 Å². The summed E-state index contributed by atoms with van der Waals surface area (Å²) in [6.45, 7) is 2.44. The first-order valence-electron chi connectivity index (χ1n) is 15.7. The second-order valence-corrected chi connectivity index (χ2v) is 12.7. The van der Waals surface area contributed by atoms with E-state index in [0.717, 1.165) is 30.1 Å². The Morgan fingerprint density at radius 3 is 2.35 bits per heavy atom. The predicted molar refractivity (Wildman–Crippen MR) is 191 cm³/mol. The molecule has 0 aliphatic carbocycles. The summed E-state index contributed by atoms with van der Waals surface area (Å²) in [6, 6.07) is 28.9. The number of amides is 3. The monoisotopic (exact) mass is 677 g/mol. The number of thioether (sulfide) groups is 1. The van der Waals surface area contributed by atoms with Gasteiger partial charge in [-0.25, -0.2) is 0 Å². The number of nitrogens with one attached hydrogen (secondary N) is 1. The number of carbonyl (C=O) groups excluding carboxylic acids is 3. The van der Waals surface area contributed by atoms with Crippen LogP contribution in [0.2, 0.25) is 0 Å². The fraction of sp³-hybridized carbons (Fsp3) is 0.216. The van der Waals surface area contributed by atoms with E-state index in [9.17, 15) is 24.6 Å². The van der Waals surface area contributed by atoms with Crippen LogP contribution < -0.4 is 25.4 Å². The predicted octanol–water partition coefficient (Wildman–Crippen LogP) is 3.09. The highest BCUT2D eigenvalue weighted by atomic mass is 32.2. The van der Waals surface area contributed by atoms with E-state index in [0.29, 0.717) is 31.0 Å². The SMILES string of the molecule is BC(O)(O)Oc1ccc(CCNC(=O)C[C@H]2S[C@@H](c3ccc(C#Cc4ccccc4)cc3)N(c3cccc(C(N)=O)c3)C2=O)cc1OCC. The van der Waals surface area contributed by atoms with Crippen molar-refractivity contribution in [2.75, 3.05) is 18.1 Å². The zero-order chi connectivity index (χ0) is 35.0. The number of benzene rings is 4. The van der Waals surface area contributed by atoms with Crippen molar-refractivity contribution < 1.29 is 34.1 Å². The van der Waals surface area contributed by atoms with Gasteiger partial charge in [0, 0.05) is 35.3 Å². The summed E-state index contributed by atoms with van der Waals surface area (Å²) in [7, 11) is 1.10. The van der Waals surface area contributed by atoms with Crippen LogP contribution in [-0.4, -0.2) is 60.1 Å². The van der Waals surface area contributed by atoms with Crippen LogP contribution in [0.1, 0.15) is 51.3 Å². The number of nitrogens with two attached hydrogens (primary N) is 1. The zero-order valence-electron chi connectivity index (χ0n) is 27.1. The lowest BCUT2D eigenvalue weighted by Gasteiger charge is -2.24. The van der Waals surface area contributed by atoms with Crippen LogP contribution in [0.25, 0.3) is 0 Å². The van der Waals surface area contributed by atoms with E-state index in [1.165, 1.54) is 11.8 Å². The molecular weight excluding hydrogens is 641 g/mol. The van der Waals surface area contributed by atoms with Gasteiger partial charge in [0.25, 0.3) is 5.87 Å². The van der Waals surface area contributed by atoms with Crippen LogP contribution in [0, 0.1) is 11.8 Å². The molecule has 0 saturated carbocycles. The summed E-state index contributed by atoms with van der Waals surface area (Å²) in [6.07, 6.45) is 0.413. The average molecular weight is 678 g/mol. The second kappa shape index (κ2) is 15.8. The molecule has 0 unspecified atom stereocenters. The third-order valence-electron chi connectivity index (χ3n) is 7.49. The van der Waals surface area contributed by atoms with Gasteiger partial charge in [0.15, 0.2) is 11.5 Å². The lowest BCUT2D eigenvalue weighted by Crippen LogP contribution is -2.35. The fourth-order valence-electron chi connectivity index (χ4n) is 5.23. The van der Waals surface area contributed by atoms with Gasteiger partial charge < -0.3 is 30.7 Å². The average Bonchev–Trinajstić information content (AvgIpc) is 3.40. The largest absolute Gasteiger partial charge is 0.490 e. The Morgan fingerprint density at radius 1 is 0.959 bits per heavy atom. The Balaban J connectivity index is 1.28. The third kappa shape index (κ3) is 9.45. The molecule has 2 atom stereocenters. The van der Waals surface area contributed by atoms with Gasteiger partial charge in [-0.2, -0.15) is 0 Å². The summed E-state index contributed by atoms with van der Waals surface area (Å²) >= 11 is 1.37. The molecule has 250 valence electrons. The molecule has 5 N–H and O–H groups in total. The number of rotatable bonds is 12. The molecule has 49 heavy (non-hydrogen) atoms. The molecule has 1 heterocycles. The number of carbonyl (C=O) groups is 3. The van der Waals surface area contributed by atoms with E-state index in [4.69, 9.17) is 15.2 Å². The molecule has 1 saturated heterocycles. The molecule has 0 bridgehead atoms. The maximum atomic E-state index is 13.9. The molecule has 0 aromatic heterocycles. The fourth-order valence-corrected chi connectivity index (χ4v) is 6.68. The van der Waals surface area contributed by atoms with Gasteiger partial charge in [-0.1, -0.05) is 54.3 Å². The molecule has 0 spiro atoms. The standard InChI is InChI=1S/C37H36BN3O7S/c1-2-47-31-21-26(15-18-30(31)48-37(38,45)46)19-20-40-33(42)23-32-35(44)41(29-10-6-9-28(22-29)34(39)43)36(49-32)27-16-13-25(14-17-27)12-11-24-7-4-3-5-8-24/h3-10,13-18,21-22,32,36,45-46H,2,19-20,23,38H2,1H3,(H2,39,43)(H,40,42)/t32-,36+/m1/s1. The maximum absolute atomic E-state index is 13.9. The summed E-state index contributed by atoms with van der Waals surface area (Å²) in [5.74, 6) is 3.32. The van der Waals surface area contributed by atoms with Gasteiger partial charge in [0.1, 0.15) is 5.37 Å². The van der Waals surface area contributed by atoms with Gasteiger partial charge in [0.2, 0.25) is 25.6 Å². The topological polar surface area (TPSA) is 151 Å². The first-order valence-corrected chi connectivity index (χ1v) is 16.7. The minimum absolute atomic E-state index is 0.0464. The van der Waals surface area contributed by atoms with Crippen molar-refractivity contribution in [1.29, 1.82) is 0 Å². The van der Waals surface area contributed by atoms with E-state index in [1.807, 2.05) is 54.6 Å². The Kier molecular flexibility index (Phi) is 11.3.